The molecule has 2 N–H and O–H groups in total. The molecule has 5 nitrogen and oxygen atoms in total. The van der Waals surface area contributed by atoms with Gasteiger partial charge >= 0.3 is 0 Å². The third-order valence-corrected chi connectivity index (χ3v) is 2.93. The van der Waals surface area contributed by atoms with E-state index in [0.717, 1.165) is 0 Å². The molecule has 2 unspecified atom stereocenters. The van der Waals surface area contributed by atoms with Gasteiger partial charge in [-0.05, 0) is 13.5 Å². The first kappa shape index (κ1) is 16.2. The Balaban J connectivity index is 0.00000256. The topological polar surface area (TPSA) is 61.4 Å². The molecule has 0 spiro atoms. The first-order valence-electron chi connectivity index (χ1n) is 5.84. The van der Waals surface area contributed by atoms with Gasteiger partial charge in [-0.1, -0.05) is 13.8 Å². The SMILES string of the molecule is CCC1C(=O)NCCN1C(=O)C(C)CNC.Cl. The van der Waals surface area contributed by atoms with Gasteiger partial charge in [0.25, 0.3) is 0 Å². The van der Waals surface area contributed by atoms with Crippen LogP contribution < -0.4 is 10.6 Å². The van der Waals surface area contributed by atoms with E-state index in [2.05, 4.69) is 10.6 Å². The number of hydrogen-bond acceptors (Lipinski definition) is 3. The van der Waals surface area contributed by atoms with E-state index in [9.17, 15) is 9.59 Å². The highest BCUT2D eigenvalue weighted by molar-refractivity contribution is 5.89. The molecule has 0 aromatic rings. The molecule has 6 heteroatoms. The van der Waals surface area contributed by atoms with Crippen LogP contribution in [0.15, 0.2) is 0 Å². The molecule has 0 aromatic carbocycles. The zero-order chi connectivity index (χ0) is 12.1. The third-order valence-electron chi connectivity index (χ3n) is 2.93. The Hall–Kier alpha value is -0.810. The Morgan fingerprint density at radius 1 is 1.65 bits per heavy atom. The van der Waals surface area contributed by atoms with Crippen molar-refractivity contribution in [2.75, 3.05) is 26.7 Å². The van der Waals surface area contributed by atoms with Crippen molar-refractivity contribution in [3.8, 4) is 0 Å². The summed E-state index contributed by atoms with van der Waals surface area (Å²) in [6.07, 6.45) is 0.670. The predicted octanol–water partition coefficient (Wildman–Crippen LogP) is 0.000700. The largest absolute Gasteiger partial charge is 0.353 e. The van der Waals surface area contributed by atoms with Crippen LogP contribution in [0.1, 0.15) is 20.3 Å². The summed E-state index contributed by atoms with van der Waals surface area (Å²) in [6.45, 7) is 5.65. The minimum atomic E-state index is -0.291. The molecule has 0 aliphatic carbocycles. The average molecular weight is 264 g/mol. The zero-order valence-electron chi connectivity index (χ0n) is 10.7. The summed E-state index contributed by atoms with van der Waals surface area (Å²) in [6, 6.07) is -0.291. The first-order chi connectivity index (χ1) is 7.61. The molecule has 2 amide bonds. The fourth-order valence-corrected chi connectivity index (χ4v) is 2.06. The van der Waals surface area contributed by atoms with E-state index in [1.807, 2.05) is 20.9 Å². The van der Waals surface area contributed by atoms with Gasteiger partial charge in [-0.25, -0.2) is 0 Å². The van der Waals surface area contributed by atoms with E-state index in [4.69, 9.17) is 0 Å². The Kier molecular flexibility index (Phi) is 7.15. The number of nitrogens with one attached hydrogen (secondary N) is 2. The summed E-state index contributed by atoms with van der Waals surface area (Å²) in [7, 11) is 1.82. The number of piperazine rings is 1. The number of hydrogen-bond donors (Lipinski definition) is 2. The molecular weight excluding hydrogens is 242 g/mol. The number of amides is 2. The molecule has 0 bridgehead atoms. The maximum absolute atomic E-state index is 12.1. The van der Waals surface area contributed by atoms with Crippen molar-refractivity contribution in [3.63, 3.8) is 0 Å². The number of rotatable bonds is 4. The van der Waals surface area contributed by atoms with E-state index in [1.165, 1.54) is 0 Å². The van der Waals surface area contributed by atoms with E-state index < -0.39 is 0 Å². The molecule has 17 heavy (non-hydrogen) atoms. The summed E-state index contributed by atoms with van der Waals surface area (Å²) in [5.74, 6) is -0.0419. The lowest BCUT2D eigenvalue weighted by molar-refractivity contribution is -0.145. The second-order valence-corrected chi connectivity index (χ2v) is 4.21. The van der Waals surface area contributed by atoms with E-state index in [-0.39, 0.29) is 36.2 Å². The number of halogens is 1. The van der Waals surface area contributed by atoms with Crippen LogP contribution in [-0.4, -0.2) is 49.4 Å². The van der Waals surface area contributed by atoms with E-state index in [0.29, 0.717) is 26.1 Å². The molecule has 1 aliphatic rings. The van der Waals surface area contributed by atoms with Gasteiger partial charge in [0.15, 0.2) is 0 Å². The van der Waals surface area contributed by atoms with Crippen LogP contribution in [0.5, 0.6) is 0 Å². The highest BCUT2D eigenvalue weighted by Crippen LogP contribution is 2.12. The van der Waals surface area contributed by atoms with Crippen molar-refractivity contribution in [3.05, 3.63) is 0 Å². The average Bonchev–Trinajstić information content (AvgIpc) is 2.28. The molecule has 0 radical (unpaired) electrons. The van der Waals surface area contributed by atoms with Crippen LogP contribution in [-0.2, 0) is 9.59 Å². The molecule has 0 saturated carbocycles. The highest BCUT2D eigenvalue weighted by Gasteiger charge is 2.33. The van der Waals surface area contributed by atoms with Crippen LogP contribution in [0.3, 0.4) is 0 Å². The monoisotopic (exact) mass is 263 g/mol. The summed E-state index contributed by atoms with van der Waals surface area (Å²) in [5.41, 5.74) is 0. The zero-order valence-corrected chi connectivity index (χ0v) is 11.5. The van der Waals surface area contributed by atoms with Crippen LogP contribution >= 0.6 is 12.4 Å². The van der Waals surface area contributed by atoms with Crippen molar-refractivity contribution >= 4 is 24.2 Å². The van der Waals surface area contributed by atoms with Gasteiger partial charge in [-0.3, -0.25) is 9.59 Å². The maximum atomic E-state index is 12.1. The minimum Gasteiger partial charge on any atom is -0.353 e. The summed E-state index contributed by atoms with van der Waals surface area (Å²) in [5, 5.41) is 5.77. The molecule has 1 rings (SSSR count). The Morgan fingerprint density at radius 3 is 2.82 bits per heavy atom. The first-order valence-corrected chi connectivity index (χ1v) is 5.84. The predicted molar refractivity (Wildman–Crippen MR) is 69.1 cm³/mol. The van der Waals surface area contributed by atoms with E-state index in [1.54, 1.807) is 4.90 Å². The fraction of sp³-hybridized carbons (Fsp3) is 0.818. The standard InChI is InChI=1S/C11H21N3O2.ClH/c1-4-9-10(15)13-5-6-14(9)11(16)8(2)7-12-3;/h8-9,12H,4-7H2,1-3H3,(H,13,15);1H. The van der Waals surface area contributed by atoms with Gasteiger partial charge in [0.05, 0.1) is 0 Å². The molecule has 1 heterocycles. The van der Waals surface area contributed by atoms with Gasteiger partial charge < -0.3 is 15.5 Å². The molecular formula is C11H22ClN3O2. The Morgan fingerprint density at radius 2 is 2.29 bits per heavy atom. The van der Waals surface area contributed by atoms with Crippen molar-refractivity contribution in [1.29, 1.82) is 0 Å². The van der Waals surface area contributed by atoms with Crippen LogP contribution in [0, 0.1) is 5.92 Å². The summed E-state index contributed by atoms with van der Waals surface area (Å²) in [4.78, 5) is 25.4. The number of carbonyl (C=O) groups is 2. The lowest BCUT2D eigenvalue weighted by atomic mass is 10.1. The van der Waals surface area contributed by atoms with Gasteiger partial charge in [-0.2, -0.15) is 0 Å². The second kappa shape index (κ2) is 7.50. The molecule has 2 atom stereocenters. The summed E-state index contributed by atoms with van der Waals surface area (Å²) < 4.78 is 0. The van der Waals surface area contributed by atoms with Crippen LogP contribution in [0.4, 0.5) is 0 Å². The molecule has 1 fully saturated rings. The number of carbonyl (C=O) groups excluding carboxylic acids is 2. The van der Waals surface area contributed by atoms with Crippen molar-refractivity contribution in [2.24, 2.45) is 5.92 Å². The van der Waals surface area contributed by atoms with Crippen LogP contribution in [0.25, 0.3) is 0 Å². The van der Waals surface area contributed by atoms with Gasteiger partial charge in [0.1, 0.15) is 6.04 Å². The number of nitrogens with zero attached hydrogens (tertiary/aromatic N) is 1. The molecule has 1 saturated heterocycles. The lowest BCUT2D eigenvalue weighted by Crippen LogP contribution is -2.58. The fourth-order valence-electron chi connectivity index (χ4n) is 2.06. The van der Waals surface area contributed by atoms with Gasteiger partial charge in [0, 0.05) is 25.6 Å². The normalized spacial score (nSPS) is 21.5. The Bertz CT molecular complexity index is 273. The molecule has 100 valence electrons. The lowest BCUT2D eigenvalue weighted by Gasteiger charge is -2.36. The van der Waals surface area contributed by atoms with Gasteiger partial charge in [0.2, 0.25) is 11.8 Å². The quantitative estimate of drug-likeness (QED) is 0.751. The highest BCUT2D eigenvalue weighted by atomic mass is 35.5. The van der Waals surface area contributed by atoms with Crippen molar-refractivity contribution < 1.29 is 9.59 Å². The summed E-state index contributed by atoms with van der Waals surface area (Å²) >= 11 is 0. The smallest absolute Gasteiger partial charge is 0.242 e. The van der Waals surface area contributed by atoms with E-state index >= 15 is 0 Å². The maximum Gasteiger partial charge on any atom is 0.242 e. The third kappa shape index (κ3) is 3.85. The van der Waals surface area contributed by atoms with Crippen molar-refractivity contribution in [1.82, 2.24) is 15.5 Å². The molecule has 1 aliphatic heterocycles. The van der Waals surface area contributed by atoms with Gasteiger partial charge in [-0.15, -0.1) is 12.4 Å². The van der Waals surface area contributed by atoms with Crippen LogP contribution in [0.2, 0.25) is 0 Å². The second-order valence-electron chi connectivity index (χ2n) is 4.21. The molecule has 0 aromatic heterocycles. The van der Waals surface area contributed by atoms with Crippen molar-refractivity contribution in [2.45, 2.75) is 26.3 Å². The Labute approximate surface area is 109 Å². The minimum absolute atomic E-state index is 0.